The number of hydrogen-bond acceptors (Lipinski definition) is 6. The van der Waals surface area contributed by atoms with Crippen LogP contribution in [0.3, 0.4) is 0 Å². The van der Waals surface area contributed by atoms with Crippen molar-refractivity contribution in [2.24, 2.45) is 5.41 Å². The smallest absolute Gasteiger partial charge is 0.257 e. The molecule has 1 aliphatic carbocycles. The van der Waals surface area contributed by atoms with E-state index in [2.05, 4.69) is 40.7 Å². The number of hydrogen-bond donors (Lipinski definition) is 2. The highest BCUT2D eigenvalue weighted by atomic mass is 32.2. The third-order valence-electron chi connectivity index (χ3n) is 5.06. The number of aromatic nitrogens is 3. The van der Waals surface area contributed by atoms with Crippen molar-refractivity contribution in [1.29, 1.82) is 0 Å². The second-order valence-electron chi connectivity index (χ2n) is 7.91. The van der Waals surface area contributed by atoms with Crippen LogP contribution < -0.4 is 10.9 Å². The molecule has 7 heteroatoms. The largest absolute Gasteiger partial charge is 0.343 e. The predicted octanol–water partition coefficient (Wildman–Crippen LogP) is 3.64. The highest BCUT2D eigenvalue weighted by molar-refractivity contribution is 7.99. The molecule has 1 aliphatic heterocycles. The summed E-state index contributed by atoms with van der Waals surface area (Å²) in [6.45, 7) is 7.88. The summed E-state index contributed by atoms with van der Waals surface area (Å²) in [4.78, 5) is 37.8. The Labute approximate surface area is 167 Å². The van der Waals surface area contributed by atoms with E-state index in [1.54, 1.807) is 18.5 Å². The lowest BCUT2D eigenvalue weighted by Crippen LogP contribution is -2.37. The Morgan fingerprint density at radius 2 is 2.18 bits per heavy atom. The number of thioether (sulfide) groups is 1. The Morgan fingerprint density at radius 3 is 2.89 bits per heavy atom. The fourth-order valence-corrected chi connectivity index (χ4v) is 4.58. The van der Waals surface area contributed by atoms with Crippen molar-refractivity contribution in [3.63, 3.8) is 0 Å². The van der Waals surface area contributed by atoms with Gasteiger partial charge in [0.25, 0.3) is 5.56 Å². The van der Waals surface area contributed by atoms with E-state index >= 15 is 0 Å². The lowest BCUT2D eigenvalue weighted by molar-refractivity contribution is -0.118. The lowest BCUT2D eigenvalue weighted by Gasteiger charge is -2.38. The first kappa shape index (κ1) is 18.7. The van der Waals surface area contributed by atoms with Gasteiger partial charge in [0.15, 0.2) is 10.9 Å². The summed E-state index contributed by atoms with van der Waals surface area (Å²) in [6, 6.07) is 3.73. The number of aromatic amines is 1. The van der Waals surface area contributed by atoms with Gasteiger partial charge in [-0.2, -0.15) is 0 Å². The molecule has 0 saturated heterocycles. The molecule has 6 nitrogen and oxygen atoms in total. The first-order chi connectivity index (χ1) is 13.4. The highest BCUT2D eigenvalue weighted by Gasteiger charge is 2.42. The molecule has 2 N–H and O–H groups in total. The molecule has 3 heterocycles. The predicted molar refractivity (Wildman–Crippen MR) is 111 cm³/mol. The van der Waals surface area contributed by atoms with Gasteiger partial charge in [-0.1, -0.05) is 37.8 Å². The van der Waals surface area contributed by atoms with Gasteiger partial charge in [-0.3, -0.25) is 14.6 Å². The van der Waals surface area contributed by atoms with E-state index in [0.29, 0.717) is 34.3 Å². The van der Waals surface area contributed by atoms with Crippen LogP contribution in [0.15, 0.2) is 58.4 Å². The zero-order chi connectivity index (χ0) is 19.9. The second kappa shape index (κ2) is 7.05. The van der Waals surface area contributed by atoms with Crippen molar-refractivity contribution in [3.05, 3.63) is 69.9 Å². The maximum absolute atomic E-state index is 13.1. The van der Waals surface area contributed by atoms with Crippen LogP contribution in [-0.4, -0.2) is 26.5 Å². The fraction of sp³-hybridized carbons (Fsp3) is 0.333. The Balaban J connectivity index is 1.92. The first-order valence-corrected chi connectivity index (χ1v) is 10.2. The van der Waals surface area contributed by atoms with Gasteiger partial charge in [0.1, 0.15) is 5.82 Å². The van der Waals surface area contributed by atoms with E-state index in [4.69, 9.17) is 0 Å². The summed E-state index contributed by atoms with van der Waals surface area (Å²) >= 11 is 1.41. The van der Waals surface area contributed by atoms with Gasteiger partial charge < -0.3 is 10.3 Å². The Bertz CT molecular complexity index is 1040. The fourth-order valence-electron chi connectivity index (χ4n) is 3.98. The zero-order valence-corrected chi connectivity index (χ0v) is 16.7. The Kier molecular flexibility index (Phi) is 4.71. The van der Waals surface area contributed by atoms with Gasteiger partial charge in [0, 0.05) is 41.8 Å². The molecule has 0 fully saturated rings. The van der Waals surface area contributed by atoms with Crippen molar-refractivity contribution >= 4 is 23.4 Å². The number of Topliss-reactive ketones (excluding diaryl/α,β-unsaturated/α-hetero) is 1. The van der Waals surface area contributed by atoms with Gasteiger partial charge in [-0.05, 0) is 23.5 Å². The minimum absolute atomic E-state index is 0.0720. The van der Waals surface area contributed by atoms with E-state index in [-0.39, 0.29) is 16.8 Å². The number of rotatable bonds is 4. The quantitative estimate of drug-likeness (QED) is 0.468. The molecule has 144 valence electrons. The average molecular weight is 395 g/mol. The molecule has 1 atom stereocenters. The van der Waals surface area contributed by atoms with E-state index in [0.717, 1.165) is 17.7 Å². The maximum atomic E-state index is 13.1. The number of pyridine rings is 1. The summed E-state index contributed by atoms with van der Waals surface area (Å²) in [5.41, 5.74) is 2.45. The zero-order valence-electron chi connectivity index (χ0n) is 15.9. The van der Waals surface area contributed by atoms with Crippen LogP contribution in [0.4, 0.5) is 5.82 Å². The van der Waals surface area contributed by atoms with Crippen LogP contribution in [-0.2, 0) is 4.79 Å². The minimum atomic E-state index is -0.460. The number of nitrogens with one attached hydrogen (secondary N) is 2. The number of ketones is 1. The van der Waals surface area contributed by atoms with E-state index in [9.17, 15) is 9.59 Å². The summed E-state index contributed by atoms with van der Waals surface area (Å²) < 4.78 is 0. The van der Waals surface area contributed by atoms with Crippen molar-refractivity contribution < 1.29 is 4.79 Å². The van der Waals surface area contributed by atoms with Gasteiger partial charge >= 0.3 is 0 Å². The molecule has 0 radical (unpaired) electrons. The molecule has 0 amide bonds. The molecule has 4 rings (SSSR count). The van der Waals surface area contributed by atoms with Crippen LogP contribution in [0.5, 0.6) is 0 Å². The van der Waals surface area contributed by atoms with Crippen molar-refractivity contribution in [1.82, 2.24) is 15.0 Å². The van der Waals surface area contributed by atoms with E-state index in [1.165, 1.54) is 11.8 Å². The van der Waals surface area contributed by atoms with Crippen molar-refractivity contribution in [3.8, 4) is 0 Å². The lowest BCUT2D eigenvalue weighted by atomic mass is 9.69. The Morgan fingerprint density at radius 1 is 1.36 bits per heavy atom. The van der Waals surface area contributed by atoms with Crippen LogP contribution in [0.25, 0.3) is 0 Å². The number of carbonyl (C=O) groups is 1. The van der Waals surface area contributed by atoms with E-state index < -0.39 is 5.92 Å². The molecule has 0 bridgehead atoms. The molecule has 0 aromatic carbocycles. The maximum Gasteiger partial charge on any atom is 0.257 e. The SMILES string of the molecule is C=CCSc1nc2c(c(=O)[nH]1)[C@H](c1cccnc1)C1=C(CC(C)(C)CC1=O)N2. The summed E-state index contributed by atoms with van der Waals surface area (Å²) in [7, 11) is 0. The third kappa shape index (κ3) is 3.30. The number of allylic oxidation sites excluding steroid dienone is 2. The normalized spacial score (nSPS) is 20.2. The van der Waals surface area contributed by atoms with Crippen LogP contribution in [0.1, 0.15) is 43.7 Å². The minimum Gasteiger partial charge on any atom is -0.343 e. The number of nitrogens with zero attached hydrogens (tertiary/aromatic N) is 2. The molecule has 28 heavy (non-hydrogen) atoms. The number of H-pyrrole nitrogens is 1. The van der Waals surface area contributed by atoms with Crippen molar-refractivity contribution in [2.75, 3.05) is 11.1 Å². The molecule has 2 aromatic heterocycles. The van der Waals surface area contributed by atoms with Gasteiger partial charge in [0.2, 0.25) is 0 Å². The third-order valence-corrected chi connectivity index (χ3v) is 5.92. The molecular weight excluding hydrogens is 372 g/mol. The van der Waals surface area contributed by atoms with Gasteiger partial charge in [-0.15, -0.1) is 6.58 Å². The van der Waals surface area contributed by atoms with Crippen molar-refractivity contribution in [2.45, 2.75) is 37.8 Å². The first-order valence-electron chi connectivity index (χ1n) is 9.21. The summed E-state index contributed by atoms with van der Waals surface area (Å²) in [5, 5.41) is 3.84. The van der Waals surface area contributed by atoms with Gasteiger partial charge in [0.05, 0.1) is 5.56 Å². The molecule has 0 unspecified atom stereocenters. The number of anilines is 1. The highest BCUT2D eigenvalue weighted by Crippen LogP contribution is 2.47. The average Bonchev–Trinajstić information content (AvgIpc) is 2.64. The number of carbonyl (C=O) groups excluding carboxylic acids is 1. The monoisotopic (exact) mass is 394 g/mol. The standard InChI is InChI=1S/C21H22N4O2S/c1-4-8-28-20-24-18-17(19(27)25-20)15(12-6-5-7-22-11-12)16-13(23-18)9-21(2,3)10-14(16)26/h4-7,11,15H,1,8-10H2,2-3H3,(H2,23,24,25,27)/t15-/m1/s1. The molecule has 0 spiro atoms. The molecule has 0 saturated carbocycles. The summed E-state index contributed by atoms with van der Waals surface area (Å²) in [5.74, 6) is 0.780. The topological polar surface area (TPSA) is 87.7 Å². The Hall–Kier alpha value is -2.67. The number of fused-ring (bicyclic) bond motifs is 1. The van der Waals surface area contributed by atoms with Crippen LogP contribution >= 0.6 is 11.8 Å². The van der Waals surface area contributed by atoms with Crippen LogP contribution in [0.2, 0.25) is 0 Å². The van der Waals surface area contributed by atoms with E-state index in [1.807, 2.05) is 12.1 Å². The molecule has 2 aromatic rings. The molecule has 2 aliphatic rings. The summed E-state index contributed by atoms with van der Waals surface area (Å²) in [6.07, 6.45) is 6.35. The van der Waals surface area contributed by atoms with Crippen LogP contribution in [0, 0.1) is 5.41 Å². The molecular formula is C21H22N4O2S. The second-order valence-corrected chi connectivity index (χ2v) is 8.92. The van der Waals surface area contributed by atoms with Gasteiger partial charge in [-0.25, -0.2) is 4.98 Å².